The van der Waals surface area contributed by atoms with Crippen LogP contribution in [0.4, 0.5) is 0 Å². The average Bonchev–Trinajstić information content (AvgIpc) is 2.46. The van der Waals surface area contributed by atoms with Crippen molar-refractivity contribution in [1.82, 2.24) is 5.32 Å². The summed E-state index contributed by atoms with van der Waals surface area (Å²) in [6, 6.07) is 5.38. The number of rotatable bonds is 4. The Hall–Kier alpha value is -1.07. The van der Waals surface area contributed by atoms with Crippen molar-refractivity contribution in [3.05, 3.63) is 28.2 Å². The maximum absolute atomic E-state index is 12.1. The van der Waals surface area contributed by atoms with Crippen LogP contribution in [0.15, 0.2) is 22.7 Å². The van der Waals surface area contributed by atoms with Crippen molar-refractivity contribution in [2.75, 3.05) is 26.9 Å². The number of methoxy groups -OCH3 is 1. The Balaban J connectivity index is 1.95. The molecule has 0 radical (unpaired) electrons. The van der Waals surface area contributed by atoms with Crippen LogP contribution >= 0.6 is 15.9 Å². The van der Waals surface area contributed by atoms with Gasteiger partial charge in [0.2, 0.25) is 0 Å². The van der Waals surface area contributed by atoms with E-state index >= 15 is 0 Å². The molecule has 104 valence electrons. The standard InChI is InChI=1S/C14H18BrNO3/c1-18-11-2-3-13(15)12(8-11)14(17)16-9-10-4-6-19-7-5-10/h2-3,8,10H,4-7,9H2,1H3,(H,16,17). The Morgan fingerprint density at radius 3 is 2.89 bits per heavy atom. The predicted octanol–water partition coefficient (Wildman–Crippen LogP) is 2.61. The second-order valence-electron chi connectivity index (χ2n) is 4.61. The molecule has 0 saturated carbocycles. The lowest BCUT2D eigenvalue weighted by molar-refractivity contribution is 0.0642. The Morgan fingerprint density at radius 1 is 1.47 bits per heavy atom. The number of amides is 1. The highest BCUT2D eigenvalue weighted by Crippen LogP contribution is 2.22. The number of halogens is 1. The first-order valence-corrected chi connectivity index (χ1v) is 7.19. The zero-order valence-corrected chi connectivity index (χ0v) is 12.5. The molecule has 1 heterocycles. The Labute approximate surface area is 121 Å². The minimum Gasteiger partial charge on any atom is -0.497 e. The molecule has 1 aliphatic heterocycles. The molecule has 1 saturated heterocycles. The molecule has 0 bridgehead atoms. The molecule has 1 amide bonds. The molecule has 1 N–H and O–H groups in total. The molecule has 1 aromatic carbocycles. The lowest BCUT2D eigenvalue weighted by Gasteiger charge is -2.22. The number of benzene rings is 1. The van der Waals surface area contributed by atoms with Gasteiger partial charge in [-0.25, -0.2) is 0 Å². The van der Waals surface area contributed by atoms with Crippen molar-refractivity contribution in [2.24, 2.45) is 5.92 Å². The summed E-state index contributed by atoms with van der Waals surface area (Å²) < 4.78 is 11.2. The molecule has 1 aromatic rings. The van der Waals surface area contributed by atoms with Crippen molar-refractivity contribution < 1.29 is 14.3 Å². The normalized spacial score (nSPS) is 16.1. The summed E-state index contributed by atoms with van der Waals surface area (Å²) >= 11 is 3.39. The van der Waals surface area contributed by atoms with Gasteiger partial charge in [-0.3, -0.25) is 4.79 Å². The Bertz CT molecular complexity index is 444. The fourth-order valence-corrected chi connectivity index (χ4v) is 2.51. The average molecular weight is 328 g/mol. The lowest BCUT2D eigenvalue weighted by atomic mass is 10.0. The zero-order chi connectivity index (χ0) is 13.7. The third kappa shape index (κ3) is 3.94. The van der Waals surface area contributed by atoms with Gasteiger partial charge >= 0.3 is 0 Å². The smallest absolute Gasteiger partial charge is 0.252 e. The lowest BCUT2D eigenvalue weighted by Crippen LogP contribution is -2.32. The molecule has 2 rings (SSSR count). The first kappa shape index (κ1) is 14.3. The van der Waals surface area contributed by atoms with Gasteiger partial charge in [0, 0.05) is 24.2 Å². The highest BCUT2D eigenvalue weighted by molar-refractivity contribution is 9.10. The van der Waals surface area contributed by atoms with Crippen molar-refractivity contribution in [2.45, 2.75) is 12.8 Å². The largest absolute Gasteiger partial charge is 0.497 e. The van der Waals surface area contributed by atoms with E-state index in [1.807, 2.05) is 12.1 Å². The van der Waals surface area contributed by atoms with E-state index < -0.39 is 0 Å². The van der Waals surface area contributed by atoms with E-state index in [0.717, 1.165) is 30.5 Å². The van der Waals surface area contributed by atoms with E-state index in [2.05, 4.69) is 21.2 Å². The van der Waals surface area contributed by atoms with Gasteiger partial charge in [0.15, 0.2) is 0 Å². The Morgan fingerprint density at radius 2 is 2.21 bits per heavy atom. The van der Waals surface area contributed by atoms with Gasteiger partial charge in [0.05, 0.1) is 12.7 Å². The topological polar surface area (TPSA) is 47.6 Å². The van der Waals surface area contributed by atoms with E-state index in [1.54, 1.807) is 13.2 Å². The minimum absolute atomic E-state index is 0.0720. The van der Waals surface area contributed by atoms with Crippen LogP contribution < -0.4 is 10.1 Å². The highest BCUT2D eigenvalue weighted by atomic mass is 79.9. The van der Waals surface area contributed by atoms with Crippen LogP contribution in [0.3, 0.4) is 0 Å². The second-order valence-corrected chi connectivity index (χ2v) is 5.47. The van der Waals surface area contributed by atoms with Crippen molar-refractivity contribution in [1.29, 1.82) is 0 Å². The molecule has 0 atom stereocenters. The summed E-state index contributed by atoms with van der Waals surface area (Å²) in [4.78, 5) is 12.1. The number of nitrogens with one attached hydrogen (secondary N) is 1. The van der Waals surface area contributed by atoms with Gasteiger partial charge < -0.3 is 14.8 Å². The molecular formula is C14H18BrNO3. The molecular weight excluding hydrogens is 310 g/mol. The fourth-order valence-electron chi connectivity index (χ4n) is 2.09. The highest BCUT2D eigenvalue weighted by Gasteiger charge is 2.16. The van der Waals surface area contributed by atoms with E-state index in [-0.39, 0.29) is 5.91 Å². The van der Waals surface area contributed by atoms with Crippen molar-refractivity contribution in [3.63, 3.8) is 0 Å². The molecule has 0 unspecified atom stereocenters. The SMILES string of the molecule is COc1ccc(Br)c(C(=O)NCC2CCOCC2)c1. The molecule has 1 fully saturated rings. The molecule has 0 spiro atoms. The Kier molecular flexibility index (Phi) is 5.22. The molecule has 5 heteroatoms. The monoisotopic (exact) mass is 327 g/mol. The first-order chi connectivity index (χ1) is 9.20. The maximum atomic E-state index is 12.1. The third-order valence-electron chi connectivity index (χ3n) is 3.31. The van der Waals surface area contributed by atoms with E-state index in [0.29, 0.717) is 23.8 Å². The van der Waals surface area contributed by atoms with E-state index in [1.165, 1.54) is 0 Å². The van der Waals surface area contributed by atoms with Gasteiger partial charge in [0.25, 0.3) is 5.91 Å². The first-order valence-electron chi connectivity index (χ1n) is 6.40. The fraction of sp³-hybridized carbons (Fsp3) is 0.500. The zero-order valence-electron chi connectivity index (χ0n) is 10.9. The van der Waals surface area contributed by atoms with Crippen LogP contribution in [0.5, 0.6) is 5.75 Å². The van der Waals surface area contributed by atoms with Gasteiger partial charge in [-0.05, 0) is 52.9 Å². The van der Waals surface area contributed by atoms with Crippen LogP contribution in [0.2, 0.25) is 0 Å². The van der Waals surface area contributed by atoms with E-state index in [9.17, 15) is 4.79 Å². The summed E-state index contributed by atoms with van der Waals surface area (Å²) in [7, 11) is 1.59. The number of carbonyl (C=O) groups excluding carboxylic acids is 1. The van der Waals surface area contributed by atoms with Crippen LogP contribution in [0.1, 0.15) is 23.2 Å². The van der Waals surface area contributed by atoms with Gasteiger partial charge in [-0.1, -0.05) is 0 Å². The van der Waals surface area contributed by atoms with Crippen LogP contribution in [-0.4, -0.2) is 32.8 Å². The number of hydrogen-bond acceptors (Lipinski definition) is 3. The summed E-state index contributed by atoms with van der Waals surface area (Å²) in [5.41, 5.74) is 0.603. The van der Waals surface area contributed by atoms with Crippen molar-refractivity contribution >= 4 is 21.8 Å². The summed E-state index contributed by atoms with van der Waals surface area (Å²) in [6.45, 7) is 2.29. The molecule has 0 aliphatic carbocycles. The minimum atomic E-state index is -0.0720. The predicted molar refractivity (Wildman–Crippen MR) is 76.6 cm³/mol. The number of ether oxygens (including phenoxy) is 2. The van der Waals surface area contributed by atoms with Crippen molar-refractivity contribution in [3.8, 4) is 5.75 Å². The maximum Gasteiger partial charge on any atom is 0.252 e. The molecule has 19 heavy (non-hydrogen) atoms. The van der Waals surface area contributed by atoms with E-state index in [4.69, 9.17) is 9.47 Å². The molecule has 0 aromatic heterocycles. The second kappa shape index (κ2) is 6.91. The molecule has 4 nitrogen and oxygen atoms in total. The number of hydrogen-bond donors (Lipinski definition) is 1. The van der Waals surface area contributed by atoms with Gasteiger partial charge in [0.1, 0.15) is 5.75 Å². The quantitative estimate of drug-likeness (QED) is 0.924. The molecule has 1 aliphatic rings. The summed E-state index contributed by atoms with van der Waals surface area (Å²) in [5, 5.41) is 2.98. The summed E-state index contributed by atoms with van der Waals surface area (Å²) in [5.74, 6) is 1.12. The van der Waals surface area contributed by atoms with Crippen LogP contribution in [0, 0.1) is 5.92 Å². The van der Waals surface area contributed by atoms with Crippen LogP contribution in [-0.2, 0) is 4.74 Å². The van der Waals surface area contributed by atoms with Gasteiger partial charge in [-0.15, -0.1) is 0 Å². The summed E-state index contributed by atoms with van der Waals surface area (Å²) in [6.07, 6.45) is 2.03. The van der Waals surface area contributed by atoms with Crippen LogP contribution in [0.25, 0.3) is 0 Å². The number of carbonyl (C=O) groups is 1. The third-order valence-corrected chi connectivity index (χ3v) is 4.00. The van der Waals surface area contributed by atoms with Gasteiger partial charge in [-0.2, -0.15) is 0 Å².